The fourth-order valence-corrected chi connectivity index (χ4v) is 9.56. The van der Waals surface area contributed by atoms with Crippen LogP contribution >= 0.6 is 39.5 Å². The van der Waals surface area contributed by atoms with Crippen LogP contribution in [0.25, 0.3) is 22.0 Å². The molecular weight excluding hydrogens is 703 g/mol. The molecule has 2 unspecified atom stereocenters. The number of anilines is 1. The molecule has 1 amide bonds. The van der Waals surface area contributed by atoms with E-state index in [9.17, 15) is 27.2 Å². The van der Waals surface area contributed by atoms with Gasteiger partial charge in [0.25, 0.3) is 0 Å². The molecule has 0 N–H and O–H groups in total. The van der Waals surface area contributed by atoms with Gasteiger partial charge in [-0.15, -0.1) is 11.8 Å². The van der Waals surface area contributed by atoms with Crippen molar-refractivity contribution in [1.29, 1.82) is 0 Å². The predicted molar refractivity (Wildman–Crippen MR) is 169 cm³/mol. The Hall–Kier alpha value is -2.52. The van der Waals surface area contributed by atoms with Crippen molar-refractivity contribution >= 4 is 62.3 Å². The van der Waals surface area contributed by atoms with E-state index in [2.05, 4.69) is 20.9 Å². The Morgan fingerprint density at radius 3 is 2.27 bits per heavy atom. The first kappa shape index (κ1) is 32.4. The second kappa shape index (κ2) is 11.3. The number of rotatable bonds is 2. The lowest BCUT2D eigenvalue weighted by Crippen LogP contribution is -2.59. The molecule has 4 atom stereocenters. The molecule has 3 aromatic rings. The van der Waals surface area contributed by atoms with E-state index >= 15 is 4.39 Å². The summed E-state index contributed by atoms with van der Waals surface area (Å²) in [5.41, 5.74) is -3.08. The van der Waals surface area contributed by atoms with E-state index in [0.717, 1.165) is 12.1 Å². The average Bonchev–Trinajstić information content (AvgIpc) is 3.00. The van der Waals surface area contributed by atoms with E-state index in [1.54, 1.807) is 56.2 Å². The van der Waals surface area contributed by atoms with Gasteiger partial charge in [-0.2, -0.15) is 29.9 Å². The largest absolute Gasteiger partial charge is 0.444 e. The Morgan fingerprint density at radius 2 is 1.69 bits per heavy atom. The van der Waals surface area contributed by atoms with E-state index in [1.807, 2.05) is 0 Å². The second-order valence-electron chi connectivity index (χ2n) is 12.6. The molecule has 4 heterocycles. The summed E-state index contributed by atoms with van der Waals surface area (Å²) in [5.74, 6) is -1.38. The van der Waals surface area contributed by atoms with Crippen LogP contribution in [-0.4, -0.2) is 67.6 Å². The van der Waals surface area contributed by atoms with Gasteiger partial charge in [-0.3, -0.25) is 9.47 Å². The maximum Gasteiger partial charge on any atom is 0.417 e. The first-order valence-electron chi connectivity index (χ1n) is 14.3. The molecule has 0 spiro atoms. The van der Waals surface area contributed by atoms with Gasteiger partial charge in [-0.1, -0.05) is 0 Å². The number of amides is 1. The van der Waals surface area contributed by atoms with Crippen LogP contribution in [0.3, 0.4) is 0 Å². The Bertz CT molecular complexity index is 1770. The van der Waals surface area contributed by atoms with Crippen molar-refractivity contribution in [2.75, 3.05) is 23.7 Å². The van der Waals surface area contributed by atoms with E-state index in [4.69, 9.17) is 4.74 Å². The summed E-state index contributed by atoms with van der Waals surface area (Å²) >= 11 is 5.80. The molecule has 2 aromatic carbocycles. The summed E-state index contributed by atoms with van der Waals surface area (Å²) in [4.78, 5) is 34.5. The molecule has 242 valence electrons. The summed E-state index contributed by atoms with van der Waals surface area (Å²) in [6.07, 6.45) is -5.44. The standard InChI is InChI=1S/C30H30BrF5N4O3S2/c1-13-9-38(10-14(2)40(13)28(42)43-29(3,4)5)26-16-6-17(30(34,35)36)23(15-7-18(31)20(33)8-19(15)32)25-24(16)39(27(41)37-26)11-21-22(45-25)12-44-21/h6-8,13-14,21-22H,9-12H2,1-5H3/t13-,14+,21?,22?. The molecule has 2 fully saturated rings. The van der Waals surface area contributed by atoms with Gasteiger partial charge in [-0.05, 0) is 62.7 Å². The molecule has 3 aliphatic heterocycles. The number of fused-ring (bicyclic) bond motifs is 1. The quantitative estimate of drug-likeness (QED) is 0.199. The van der Waals surface area contributed by atoms with E-state index in [0.29, 0.717) is 11.8 Å². The molecule has 0 bridgehead atoms. The Kier molecular flexibility index (Phi) is 8.16. The average molecular weight is 734 g/mol. The number of halogens is 6. The molecule has 0 saturated carbocycles. The topological polar surface area (TPSA) is 67.7 Å². The minimum Gasteiger partial charge on any atom is -0.444 e. The van der Waals surface area contributed by atoms with Crippen LogP contribution in [0.15, 0.2) is 32.4 Å². The molecule has 7 nitrogen and oxygen atoms in total. The Morgan fingerprint density at radius 1 is 1.02 bits per heavy atom. The van der Waals surface area contributed by atoms with Crippen LogP contribution in [0.4, 0.5) is 32.6 Å². The number of nitrogens with zero attached hydrogens (tertiary/aromatic N) is 4. The van der Waals surface area contributed by atoms with Gasteiger partial charge in [0.05, 0.1) is 27.6 Å². The highest BCUT2D eigenvalue weighted by molar-refractivity contribution is 9.10. The summed E-state index contributed by atoms with van der Waals surface area (Å²) in [5, 5.41) is -0.0703. The summed E-state index contributed by atoms with van der Waals surface area (Å²) in [7, 11) is 0. The fourth-order valence-electron chi connectivity index (χ4n) is 6.22. The van der Waals surface area contributed by atoms with Crippen molar-refractivity contribution in [3.63, 3.8) is 0 Å². The molecule has 0 radical (unpaired) electrons. The lowest BCUT2D eigenvalue weighted by atomic mass is 9.95. The van der Waals surface area contributed by atoms with Crippen LogP contribution < -0.4 is 10.6 Å². The molecule has 6 rings (SSSR count). The minimum atomic E-state index is -4.93. The highest BCUT2D eigenvalue weighted by Crippen LogP contribution is 2.53. The van der Waals surface area contributed by atoms with Gasteiger partial charge in [-0.25, -0.2) is 18.4 Å². The van der Waals surface area contributed by atoms with Crippen molar-refractivity contribution in [3.05, 3.63) is 50.4 Å². The third kappa shape index (κ3) is 5.81. The zero-order chi connectivity index (χ0) is 32.7. The van der Waals surface area contributed by atoms with Crippen molar-refractivity contribution < 1.29 is 31.5 Å². The third-order valence-electron chi connectivity index (χ3n) is 8.13. The number of carbonyl (C=O) groups excluding carboxylic acids is 1. The maximum atomic E-state index is 15.4. The highest BCUT2D eigenvalue weighted by Gasteiger charge is 2.44. The summed E-state index contributed by atoms with van der Waals surface area (Å²) < 4.78 is 81.3. The second-order valence-corrected chi connectivity index (χ2v) is 16.0. The summed E-state index contributed by atoms with van der Waals surface area (Å²) in [6, 6.07) is 1.65. The van der Waals surface area contributed by atoms with Gasteiger partial charge < -0.3 is 9.64 Å². The molecular formula is C30H30BrF5N4O3S2. The number of carbonyl (C=O) groups is 1. The number of hydrogen-bond donors (Lipinski definition) is 0. The van der Waals surface area contributed by atoms with Crippen molar-refractivity contribution in [2.45, 2.75) is 80.4 Å². The molecule has 45 heavy (non-hydrogen) atoms. The number of piperazine rings is 1. The molecule has 1 aromatic heterocycles. The number of hydrogen-bond acceptors (Lipinski definition) is 7. The number of aromatic nitrogens is 2. The highest BCUT2D eigenvalue weighted by atomic mass is 79.9. The van der Waals surface area contributed by atoms with Crippen LogP contribution in [0.2, 0.25) is 0 Å². The van der Waals surface area contributed by atoms with Crippen molar-refractivity contribution in [3.8, 4) is 11.1 Å². The SMILES string of the molecule is C[C@@H]1CN(c2nc(=O)n3c4c(c(-c5cc(Br)c(F)cc5F)c(C(F)(F)F)cc24)SC2CSC2C3)C[C@H](C)N1C(=O)OC(C)(C)C. The molecule has 2 saturated heterocycles. The van der Waals surface area contributed by atoms with Gasteiger partial charge >= 0.3 is 18.0 Å². The van der Waals surface area contributed by atoms with E-state index in [1.165, 1.54) is 16.3 Å². The number of thioether (sulfide) groups is 2. The lowest BCUT2D eigenvalue weighted by Gasteiger charge is -2.45. The first-order chi connectivity index (χ1) is 20.9. The fraction of sp³-hybridized carbons (Fsp3) is 0.500. The van der Waals surface area contributed by atoms with Gasteiger partial charge in [0, 0.05) is 63.4 Å². The minimum absolute atomic E-state index is 0.0552. The van der Waals surface area contributed by atoms with Crippen LogP contribution in [0, 0.1) is 11.6 Å². The first-order valence-corrected chi connectivity index (χ1v) is 17.0. The third-order valence-corrected chi connectivity index (χ3v) is 12.0. The van der Waals surface area contributed by atoms with Crippen LogP contribution in [-0.2, 0) is 17.5 Å². The monoisotopic (exact) mass is 732 g/mol. The number of benzene rings is 2. The molecule has 0 aliphatic carbocycles. The zero-order valence-electron chi connectivity index (χ0n) is 25.0. The van der Waals surface area contributed by atoms with E-state index in [-0.39, 0.29) is 56.2 Å². The summed E-state index contributed by atoms with van der Waals surface area (Å²) in [6.45, 7) is 9.48. The smallest absolute Gasteiger partial charge is 0.417 e. The van der Waals surface area contributed by atoms with Gasteiger partial charge in [0.2, 0.25) is 0 Å². The van der Waals surface area contributed by atoms with Crippen LogP contribution in [0.1, 0.15) is 40.2 Å². The normalized spacial score (nSPS) is 23.4. The maximum absolute atomic E-state index is 15.4. The van der Waals surface area contributed by atoms with E-state index < -0.39 is 64.0 Å². The van der Waals surface area contributed by atoms with Gasteiger partial charge in [0.1, 0.15) is 23.1 Å². The Balaban J connectivity index is 1.58. The van der Waals surface area contributed by atoms with Crippen LogP contribution in [0.5, 0.6) is 0 Å². The zero-order valence-corrected chi connectivity index (χ0v) is 28.2. The predicted octanol–water partition coefficient (Wildman–Crippen LogP) is 7.55. The van der Waals surface area contributed by atoms with Crippen molar-refractivity contribution in [2.24, 2.45) is 0 Å². The lowest BCUT2D eigenvalue weighted by molar-refractivity contribution is -0.137. The van der Waals surface area contributed by atoms with Crippen molar-refractivity contribution in [1.82, 2.24) is 14.5 Å². The van der Waals surface area contributed by atoms with Gasteiger partial charge in [0.15, 0.2) is 0 Å². The Labute approximate surface area is 273 Å². The number of ether oxygens (including phenoxy) is 1. The molecule has 15 heteroatoms. The molecule has 3 aliphatic rings. The number of alkyl halides is 3.